The molecule has 0 radical (unpaired) electrons. The number of halogens is 1. The number of aromatic amines is 1. The van der Waals surface area contributed by atoms with Gasteiger partial charge < -0.3 is 14.1 Å². The molecule has 0 spiro atoms. The highest BCUT2D eigenvalue weighted by Crippen LogP contribution is 2.20. The van der Waals surface area contributed by atoms with Crippen molar-refractivity contribution < 1.29 is 8.91 Å². The largest absolute Gasteiger partial charge is 0.339 e. The molecule has 2 aromatic heterocycles. The molecule has 0 bridgehead atoms. The maximum atomic E-state index is 13.0. The van der Waals surface area contributed by atoms with Crippen LogP contribution >= 0.6 is 0 Å². The summed E-state index contributed by atoms with van der Waals surface area (Å²) < 4.78 is 19.5. The lowest BCUT2D eigenvalue weighted by Crippen LogP contribution is -2.34. The number of H-pyrrole nitrogens is 1. The summed E-state index contributed by atoms with van der Waals surface area (Å²) >= 11 is 0. The minimum Gasteiger partial charge on any atom is -0.339 e. The minimum absolute atomic E-state index is 0.306. The number of nitrogens with one attached hydrogen (secondary N) is 1. The van der Waals surface area contributed by atoms with Gasteiger partial charge in [-0.25, -0.2) is 4.39 Å². The van der Waals surface area contributed by atoms with Gasteiger partial charge in [-0.15, -0.1) is 0 Å². The summed E-state index contributed by atoms with van der Waals surface area (Å²) in [5.74, 6) is 0.443. The molecule has 4 aromatic rings. The lowest BCUT2D eigenvalue weighted by atomic mass is 10.1. The van der Waals surface area contributed by atoms with Gasteiger partial charge in [-0.2, -0.15) is 4.98 Å². The summed E-state index contributed by atoms with van der Waals surface area (Å²) in [6, 6.07) is 11.2. The van der Waals surface area contributed by atoms with Crippen LogP contribution in [0.3, 0.4) is 0 Å². The molecular formula is C18H13FN4O3. The monoisotopic (exact) mass is 352 g/mol. The van der Waals surface area contributed by atoms with E-state index in [4.69, 9.17) is 4.52 Å². The Kier molecular flexibility index (Phi) is 3.72. The topological polar surface area (TPSA) is 93.8 Å². The normalized spacial score (nSPS) is 11.2. The van der Waals surface area contributed by atoms with E-state index in [0.717, 1.165) is 5.56 Å². The summed E-state index contributed by atoms with van der Waals surface area (Å²) in [6.45, 7) is 0. The average Bonchev–Trinajstić information content (AvgIpc) is 3.10. The molecule has 0 fully saturated rings. The Balaban J connectivity index is 1.69. The zero-order valence-corrected chi connectivity index (χ0v) is 13.7. The van der Waals surface area contributed by atoms with Gasteiger partial charge in [-0.3, -0.25) is 9.59 Å². The Morgan fingerprint density at radius 2 is 1.92 bits per heavy atom. The highest BCUT2D eigenvalue weighted by Gasteiger charge is 2.12. The Hall–Kier alpha value is -3.55. The van der Waals surface area contributed by atoms with Crippen molar-refractivity contribution in [3.8, 4) is 11.4 Å². The molecule has 0 aliphatic rings. The van der Waals surface area contributed by atoms with Gasteiger partial charge in [0, 0.05) is 12.6 Å². The molecule has 0 unspecified atom stereocenters. The fourth-order valence-corrected chi connectivity index (χ4v) is 2.73. The molecule has 0 aliphatic carbocycles. The molecule has 26 heavy (non-hydrogen) atoms. The quantitative estimate of drug-likeness (QED) is 0.569. The maximum Gasteiger partial charge on any atom is 0.316 e. The summed E-state index contributed by atoms with van der Waals surface area (Å²) in [6.07, 6.45) is 0.381. The number of hydrogen-bond donors (Lipinski definition) is 1. The molecule has 0 saturated heterocycles. The number of benzene rings is 2. The van der Waals surface area contributed by atoms with Crippen molar-refractivity contribution in [2.75, 3.05) is 0 Å². The van der Waals surface area contributed by atoms with Crippen LogP contribution in [0.15, 0.2) is 56.6 Å². The van der Waals surface area contributed by atoms with Crippen molar-refractivity contribution in [1.82, 2.24) is 19.7 Å². The van der Waals surface area contributed by atoms with Crippen LogP contribution in [0.4, 0.5) is 4.39 Å². The number of rotatable bonds is 3. The van der Waals surface area contributed by atoms with Gasteiger partial charge in [0.1, 0.15) is 5.82 Å². The molecule has 4 rings (SSSR count). The van der Waals surface area contributed by atoms with E-state index in [-0.39, 0.29) is 5.82 Å². The molecule has 0 amide bonds. The summed E-state index contributed by atoms with van der Waals surface area (Å²) in [5, 5.41) is 3.95. The van der Waals surface area contributed by atoms with Gasteiger partial charge in [0.2, 0.25) is 11.7 Å². The summed E-state index contributed by atoms with van der Waals surface area (Å²) in [4.78, 5) is 30.2. The third-order valence-electron chi connectivity index (χ3n) is 4.10. The predicted molar refractivity (Wildman–Crippen MR) is 92.3 cm³/mol. The SMILES string of the molecule is Cn1c(=O)c(=O)[nH]c2cc(-c3noc(Cc4ccc(F)cc4)n3)ccc21. The van der Waals surface area contributed by atoms with Crippen molar-refractivity contribution in [2.45, 2.75) is 6.42 Å². The molecule has 8 heteroatoms. The van der Waals surface area contributed by atoms with E-state index in [1.165, 1.54) is 23.7 Å². The van der Waals surface area contributed by atoms with Gasteiger partial charge >= 0.3 is 11.1 Å². The minimum atomic E-state index is -0.692. The number of hydrogen-bond acceptors (Lipinski definition) is 5. The molecule has 1 N–H and O–H groups in total. The van der Waals surface area contributed by atoms with Gasteiger partial charge in [0.15, 0.2) is 0 Å². The van der Waals surface area contributed by atoms with Crippen LogP contribution in [-0.2, 0) is 13.5 Å². The van der Waals surface area contributed by atoms with E-state index in [9.17, 15) is 14.0 Å². The van der Waals surface area contributed by atoms with Gasteiger partial charge in [-0.1, -0.05) is 17.3 Å². The second-order valence-electron chi connectivity index (χ2n) is 5.87. The van der Waals surface area contributed by atoms with Gasteiger partial charge in [-0.05, 0) is 35.9 Å². The molecule has 0 atom stereocenters. The average molecular weight is 352 g/mol. The first-order valence-electron chi connectivity index (χ1n) is 7.82. The number of aromatic nitrogens is 4. The lowest BCUT2D eigenvalue weighted by Gasteiger charge is -2.04. The molecule has 7 nitrogen and oxygen atoms in total. The van der Waals surface area contributed by atoms with Crippen LogP contribution < -0.4 is 11.1 Å². The highest BCUT2D eigenvalue weighted by atomic mass is 19.1. The Morgan fingerprint density at radius 1 is 1.15 bits per heavy atom. The summed E-state index contributed by atoms with van der Waals surface area (Å²) in [5.41, 5.74) is 1.27. The predicted octanol–water partition coefficient (Wildman–Crippen LogP) is 2.01. The first-order chi connectivity index (χ1) is 12.5. The van der Waals surface area contributed by atoms with E-state index >= 15 is 0 Å². The second-order valence-corrected chi connectivity index (χ2v) is 5.87. The third-order valence-corrected chi connectivity index (χ3v) is 4.10. The van der Waals surface area contributed by atoms with Gasteiger partial charge in [0.25, 0.3) is 0 Å². The van der Waals surface area contributed by atoms with Crippen molar-refractivity contribution in [3.05, 3.63) is 80.4 Å². The molecule has 2 aromatic carbocycles. The fourth-order valence-electron chi connectivity index (χ4n) is 2.73. The van der Waals surface area contributed by atoms with Crippen molar-refractivity contribution >= 4 is 11.0 Å². The Morgan fingerprint density at radius 3 is 2.69 bits per heavy atom. The highest BCUT2D eigenvalue weighted by molar-refractivity contribution is 5.79. The molecule has 130 valence electrons. The first kappa shape index (κ1) is 15.9. The van der Waals surface area contributed by atoms with Crippen LogP contribution in [0, 0.1) is 5.82 Å². The first-order valence-corrected chi connectivity index (χ1v) is 7.82. The van der Waals surface area contributed by atoms with Crippen LogP contribution in [0.25, 0.3) is 22.4 Å². The van der Waals surface area contributed by atoms with Crippen molar-refractivity contribution in [2.24, 2.45) is 7.05 Å². The van der Waals surface area contributed by atoms with Crippen LogP contribution in [0.1, 0.15) is 11.5 Å². The van der Waals surface area contributed by atoms with Crippen molar-refractivity contribution in [3.63, 3.8) is 0 Å². The van der Waals surface area contributed by atoms with E-state index in [1.54, 1.807) is 30.3 Å². The Labute approximate surface area is 145 Å². The lowest BCUT2D eigenvalue weighted by molar-refractivity contribution is 0.385. The van der Waals surface area contributed by atoms with Gasteiger partial charge in [0.05, 0.1) is 17.5 Å². The third kappa shape index (κ3) is 2.81. The molecule has 0 saturated carbocycles. The second kappa shape index (κ2) is 6.07. The standard InChI is InChI=1S/C18H13FN4O3/c1-23-14-7-4-11(9-13(14)20-17(24)18(23)25)16-21-15(26-22-16)8-10-2-5-12(19)6-3-10/h2-7,9H,8H2,1H3,(H,20,24). The Bertz CT molecular complexity index is 1220. The smallest absolute Gasteiger partial charge is 0.316 e. The van der Waals surface area contributed by atoms with E-state index < -0.39 is 11.1 Å². The van der Waals surface area contributed by atoms with Crippen molar-refractivity contribution in [1.29, 1.82) is 0 Å². The molecule has 0 aliphatic heterocycles. The van der Waals surface area contributed by atoms with E-state index in [0.29, 0.717) is 34.7 Å². The zero-order chi connectivity index (χ0) is 18.3. The van der Waals surface area contributed by atoms with Crippen LogP contribution in [0.2, 0.25) is 0 Å². The molecular weight excluding hydrogens is 339 g/mol. The number of nitrogens with zero attached hydrogens (tertiary/aromatic N) is 3. The number of aryl methyl sites for hydroxylation is 1. The van der Waals surface area contributed by atoms with E-state index in [1.807, 2.05) is 0 Å². The summed E-state index contributed by atoms with van der Waals surface area (Å²) in [7, 11) is 1.54. The molecule has 2 heterocycles. The zero-order valence-electron chi connectivity index (χ0n) is 13.7. The van der Waals surface area contributed by atoms with Crippen LogP contribution in [0.5, 0.6) is 0 Å². The van der Waals surface area contributed by atoms with E-state index in [2.05, 4.69) is 15.1 Å². The maximum absolute atomic E-state index is 13.0. The fraction of sp³-hybridized carbons (Fsp3) is 0.111. The van der Waals surface area contributed by atoms with Crippen LogP contribution in [-0.4, -0.2) is 19.7 Å². The number of fused-ring (bicyclic) bond motifs is 1.